The van der Waals surface area contributed by atoms with Gasteiger partial charge in [-0.15, -0.1) is 0 Å². The van der Waals surface area contributed by atoms with E-state index in [4.69, 9.17) is 0 Å². The number of rotatable bonds is 3. The van der Waals surface area contributed by atoms with Crippen molar-refractivity contribution in [2.75, 3.05) is 25.0 Å². The zero-order chi connectivity index (χ0) is 14.7. The molecule has 1 heterocycles. The van der Waals surface area contributed by atoms with E-state index in [9.17, 15) is 14.9 Å². The molecule has 1 aliphatic rings. The van der Waals surface area contributed by atoms with Crippen molar-refractivity contribution in [2.24, 2.45) is 5.92 Å². The van der Waals surface area contributed by atoms with E-state index >= 15 is 0 Å². The summed E-state index contributed by atoms with van der Waals surface area (Å²) >= 11 is 3.38. The highest BCUT2D eigenvalue weighted by Gasteiger charge is 2.25. The first-order chi connectivity index (χ1) is 9.52. The van der Waals surface area contributed by atoms with Gasteiger partial charge in [-0.05, 0) is 34.8 Å². The fourth-order valence-corrected chi connectivity index (χ4v) is 3.07. The summed E-state index contributed by atoms with van der Waals surface area (Å²) in [6.45, 7) is 1.54. The lowest BCUT2D eigenvalue weighted by atomic mass is 9.95. The van der Waals surface area contributed by atoms with Gasteiger partial charge >= 0.3 is 0 Å². The Morgan fingerprint density at radius 3 is 2.60 bits per heavy atom. The van der Waals surface area contributed by atoms with E-state index in [1.54, 1.807) is 13.1 Å². The van der Waals surface area contributed by atoms with E-state index in [0.29, 0.717) is 4.47 Å². The molecule has 1 aliphatic heterocycles. The SMILES string of the molecule is CNC(=O)C1CCN(c2ccc([N+](=O)[O-])cc2Br)CC1. The van der Waals surface area contributed by atoms with Gasteiger partial charge in [0.15, 0.2) is 0 Å². The summed E-state index contributed by atoms with van der Waals surface area (Å²) < 4.78 is 0.713. The Morgan fingerprint density at radius 1 is 1.45 bits per heavy atom. The molecule has 6 nitrogen and oxygen atoms in total. The normalized spacial score (nSPS) is 16.0. The van der Waals surface area contributed by atoms with Crippen LogP contribution in [-0.2, 0) is 4.79 Å². The third-order valence-corrected chi connectivity index (χ3v) is 4.23. The fraction of sp³-hybridized carbons (Fsp3) is 0.462. The standard InChI is InChI=1S/C13H16BrN3O3/c1-15-13(18)9-4-6-16(7-5-9)12-3-2-10(17(19)20)8-11(12)14/h2-3,8-9H,4-7H2,1H3,(H,15,18). The summed E-state index contributed by atoms with van der Waals surface area (Å²) in [5, 5.41) is 13.4. The number of hydrogen-bond acceptors (Lipinski definition) is 4. The van der Waals surface area contributed by atoms with Crippen molar-refractivity contribution >= 4 is 33.2 Å². The molecule has 20 heavy (non-hydrogen) atoms. The Bertz CT molecular complexity index is 528. The number of carbonyl (C=O) groups excluding carboxylic acids is 1. The number of halogens is 1. The molecule has 0 unspecified atom stereocenters. The molecule has 0 radical (unpaired) electrons. The van der Waals surface area contributed by atoms with Crippen molar-refractivity contribution in [3.63, 3.8) is 0 Å². The number of non-ortho nitro benzene ring substituents is 1. The van der Waals surface area contributed by atoms with Gasteiger partial charge in [0, 0.05) is 42.7 Å². The number of piperidine rings is 1. The number of benzene rings is 1. The number of hydrogen-bond donors (Lipinski definition) is 1. The van der Waals surface area contributed by atoms with Crippen LogP contribution in [0.2, 0.25) is 0 Å². The summed E-state index contributed by atoms with van der Waals surface area (Å²) in [7, 11) is 1.65. The van der Waals surface area contributed by atoms with Crippen LogP contribution >= 0.6 is 15.9 Å². The molecule has 0 spiro atoms. The topological polar surface area (TPSA) is 75.5 Å². The molecule has 1 saturated heterocycles. The Balaban J connectivity index is 2.07. The van der Waals surface area contributed by atoms with Gasteiger partial charge in [-0.3, -0.25) is 14.9 Å². The molecule has 0 atom stereocenters. The molecule has 0 aliphatic carbocycles. The Hall–Kier alpha value is -1.63. The third-order valence-electron chi connectivity index (χ3n) is 3.59. The first-order valence-corrected chi connectivity index (χ1v) is 7.22. The number of nitrogens with one attached hydrogen (secondary N) is 1. The second-order valence-corrected chi connectivity index (χ2v) is 5.62. The molecule has 1 amide bonds. The molecule has 1 N–H and O–H groups in total. The second kappa shape index (κ2) is 6.21. The Morgan fingerprint density at radius 2 is 2.10 bits per heavy atom. The minimum atomic E-state index is -0.410. The van der Waals surface area contributed by atoms with Gasteiger partial charge in [0.25, 0.3) is 5.69 Å². The summed E-state index contributed by atoms with van der Waals surface area (Å²) in [5.41, 5.74) is 1.01. The largest absolute Gasteiger partial charge is 0.371 e. The average molecular weight is 342 g/mol. The van der Waals surface area contributed by atoms with Crippen LogP contribution in [0.4, 0.5) is 11.4 Å². The zero-order valence-corrected chi connectivity index (χ0v) is 12.7. The van der Waals surface area contributed by atoms with Crippen molar-refractivity contribution in [1.29, 1.82) is 0 Å². The highest BCUT2D eigenvalue weighted by Crippen LogP contribution is 2.32. The first-order valence-electron chi connectivity index (χ1n) is 6.43. The van der Waals surface area contributed by atoms with E-state index < -0.39 is 4.92 Å². The molecule has 7 heteroatoms. The predicted molar refractivity (Wildman–Crippen MR) is 79.8 cm³/mol. The van der Waals surface area contributed by atoms with E-state index in [2.05, 4.69) is 26.1 Å². The van der Waals surface area contributed by atoms with E-state index in [1.807, 2.05) is 0 Å². The van der Waals surface area contributed by atoms with Crippen molar-refractivity contribution in [3.8, 4) is 0 Å². The maximum Gasteiger partial charge on any atom is 0.270 e. The second-order valence-electron chi connectivity index (χ2n) is 4.77. The predicted octanol–water partition coefficient (Wildman–Crippen LogP) is 2.32. The lowest BCUT2D eigenvalue weighted by Crippen LogP contribution is -2.39. The third kappa shape index (κ3) is 3.09. The fourth-order valence-electron chi connectivity index (χ4n) is 2.45. The molecule has 2 rings (SSSR count). The van der Waals surface area contributed by atoms with Crippen molar-refractivity contribution in [2.45, 2.75) is 12.8 Å². The Labute approximate surface area is 125 Å². The summed E-state index contributed by atoms with van der Waals surface area (Å²) in [6, 6.07) is 4.77. The molecule has 0 saturated carbocycles. The molecule has 1 fully saturated rings. The average Bonchev–Trinajstić information content (AvgIpc) is 2.46. The number of amides is 1. The molecule has 1 aromatic rings. The lowest BCUT2D eigenvalue weighted by molar-refractivity contribution is -0.384. The molecular weight excluding hydrogens is 326 g/mol. The molecule has 0 bridgehead atoms. The summed E-state index contributed by atoms with van der Waals surface area (Å²) in [4.78, 5) is 24.0. The monoisotopic (exact) mass is 341 g/mol. The number of nitrogens with zero attached hydrogens (tertiary/aromatic N) is 2. The van der Waals surface area contributed by atoms with Gasteiger partial charge in [0.2, 0.25) is 5.91 Å². The van der Waals surface area contributed by atoms with Gasteiger partial charge in [-0.25, -0.2) is 0 Å². The molecule has 0 aromatic heterocycles. The molecule has 1 aromatic carbocycles. The van der Waals surface area contributed by atoms with E-state index in [1.165, 1.54) is 12.1 Å². The molecular formula is C13H16BrN3O3. The minimum absolute atomic E-state index is 0.0630. The van der Waals surface area contributed by atoms with Crippen LogP contribution in [0.1, 0.15) is 12.8 Å². The van der Waals surface area contributed by atoms with Gasteiger partial charge in [0.1, 0.15) is 0 Å². The highest BCUT2D eigenvalue weighted by molar-refractivity contribution is 9.10. The van der Waals surface area contributed by atoms with Crippen LogP contribution in [0.3, 0.4) is 0 Å². The van der Waals surface area contributed by atoms with Crippen molar-refractivity contribution < 1.29 is 9.72 Å². The van der Waals surface area contributed by atoms with Crippen molar-refractivity contribution in [3.05, 3.63) is 32.8 Å². The minimum Gasteiger partial charge on any atom is -0.371 e. The van der Waals surface area contributed by atoms with Crippen LogP contribution < -0.4 is 10.2 Å². The summed E-state index contributed by atoms with van der Waals surface area (Å²) in [5.74, 6) is 0.153. The van der Waals surface area contributed by atoms with Crippen molar-refractivity contribution in [1.82, 2.24) is 5.32 Å². The quantitative estimate of drug-likeness (QED) is 0.676. The van der Waals surface area contributed by atoms with Crippen LogP contribution in [0.5, 0.6) is 0 Å². The summed E-state index contributed by atoms with van der Waals surface area (Å²) in [6.07, 6.45) is 1.59. The number of carbonyl (C=O) groups is 1. The maximum absolute atomic E-state index is 11.6. The van der Waals surface area contributed by atoms with Gasteiger partial charge in [-0.2, -0.15) is 0 Å². The number of anilines is 1. The van der Waals surface area contributed by atoms with Crippen LogP contribution in [0.15, 0.2) is 22.7 Å². The molecule has 108 valence electrons. The van der Waals surface area contributed by atoms with Gasteiger partial charge in [-0.1, -0.05) is 0 Å². The zero-order valence-electron chi connectivity index (χ0n) is 11.1. The Kier molecular flexibility index (Phi) is 4.59. The van der Waals surface area contributed by atoms with E-state index in [-0.39, 0.29) is 17.5 Å². The van der Waals surface area contributed by atoms with E-state index in [0.717, 1.165) is 31.6 Å². The first kappa shape index (κ1) is 14.8. The highest BCUT2D eigenvalue weighted by atomic mass is 79.9. The van der Waals surface area contributed by atoms with Gasteiger partial charge in [0.05, 0.1) is 10.6 Å². The maximum atomic E-state index is 11.6. The van der Waals surface area contributed by atoms with Crippen LogP contribution in [0.25, 0.3) is 0 Å². The van der Waals surface area contributed by atoms with Gasteiger partial charge < -0.3 is 10.2 Å². The van der Waals surface area contributed by atoms with Crippen LogP contribution in [-0.4, -0.2) is 31.0 Å². The lowest BCUT2D eigenvalue weighted by Gasteiger charge is -2.33. The number of nitro benzene ring substituents is 1. The smallest absolute Gasteiger partial charge is 0.270 e. The number of nitro groups is 1. The van der Waals surface area contributed by atoms with Crippen LogP contribution in [0, 0.1) is 16.0 Å².